The molecule has 4 aromatic rings. The molecule has 2 fully saturated rings. The van der Waals surface area contributed by atoms with E-state index >= 15 is 0 Å². The number of β-lactam (4-membered cyclic amide) rings is 1. The molecular formula is C37H39NO3S. The number of rotatable bonds is 9. The fraction of sp³-hybridized carbons (Fsp3) is 0.324. The van der Waals surface area contributed by atoms with Gasteiger partial charge in [0.25, 0.3) is 0 Å². The zero-order valence-electron chi connectivity index (χ0n) is 24.5. The second kappa shape index (κ2) is 12.0. The SMILES string of the molecule is CCCCOc1cc(-c2ccc(SC)cc2)ccc1[C@H]1N(c2ccccc2)C(=O)C12CCC(O)(c1ccccc1)CC2. The van der Waals surface area contributed by atoms with Crippen molar-refractivity contribution in [1.29, 1.82) is 0 Å². The molecule has 216 valence electrons. The van der Waals surface area contributed by atoms with Gasteiger partial charge in [-0.05, 0) is 85.4 Å². The predicted molar refractivity (Wildman–Crippen MR) is 172 cm³/mol. The summed E-state index contributed by atoms with van der Waals surface area (Å²) in [4.78, 5) is 17.4. The number of hydrogen-bond donors (Lipinski definition) is 1. The van der Waals surface area contributed by atoms with Crippen LogP contribution >= 0.6 is 11.8 Å². The van der Waals surface area contributed by atoms with Gasteiger partial charge in [0.15, 0.2) is 0 Å². The van der Waals surface area contributed by atoms with Crippen LogP contribution in [-0.2, 0) is 10.4 Å². The monoisotopic (exact) mass is 577 g/mol. The van der Waals surface area contributed by atoms with E-state index in [1.54, 1.807) is 11.8 Å². The van der Waals surface area contributed by atoms with Crippen molar-refractivity contribution in [2.75, 3.05) is 17.8 Å². The van der Waals surface area contributed by atoms with Crippen molar-refractivity contribution in [3.05, 3.63) is 114 Å². The molecular weight excluding hydrogens is 538 g/mol. The van der Waals surface area contributed by atoms with Crippen LogP contribution in [0.15, 0.2) is 108 Å². The molecule has 0 radical (unpaired) electrons. The summed E-state index contributed by atoms with van der Waals surface area (Å²) in [7, 11) is 0. The van der Waals surface area contributed by atoms with Gasteiger partial charge in [-0.1, -0.05) is 86.1 Å². The summed E-state index contributed by atoms with van der Waals surface area (Å²) in [6, 6.07) is 34.8. The Morgan fingerprint density at radius 2 is 1.50 bits per heavy atom. The Labute approximate surface area is 253 Å². The van der Waals surface area contributed by atoms with Crippen LogP contribution in [0.2, 0.25) is 0 Å². The van der Waals surface area contributed by atoms with E-state index in [9.17, 15) is 9.90 Å². The van der Waals surface area contributed by atoms with E-state index in [2.05, 4.69) is 55.6 Å². The summed E-state index contributed by atoms with van der Waals surface area (Å²) in [5.74, 6) is 0.988. The van der Waals surface area contributed by atoms with E-state index in [0.717, 1.165) is 46.5 Å². The normalized spacial score (nSPS) is 23.5. The van der Waals surface area contributed by atoms with Gasteiger partial charge in [-0.3, -0.25) is 4.79 Å². The number of unbranched alkanes of at least 4 members (excludes halogenated alkanes) is 1. The zero-order valence-corrected chi connectivity index (χ0v) is 25.3. The standard InChI is InChI=1S/C37H39NO3S/c1-3-4-25-41-33-26-28(27-15-18-31(42-2)19-16-27)17-20-32(33)34-36(35(39)38(34)30-13-9-6-10-14-30)21-23-37(40,24-22-36)29-11-7-5-8-12-29/h5-20,26,34,40H,3-4,21-25H2,1-2H3/t34-,36?,37?/m1/s1. The van der Waals surface area contributed by atoms with Crippen LogP contribution in [0.5, 0.6) is 5.75 Å². The van der Waals surface area contributed by atoms with Gasteiger partial charge >= 0.3 is 0 Å². The van der Waals surface area contributed by atoms with E-state index in [-0.39, 0.29) is 11.9 Å². The van der Waals surface area contributed by atoms with Crippen molar-refractivity contribution >= 4 is 23.4 Å². The molecule has 1 saturated heterocycles. The third kappa shape index (κ3) is 5.14. The quantitative estimate of drug-likeness (QED) is 0.123. The zero-order chi connectivity index (χ0) is 29.2. The highest BCUT2D eigenvalue weighted by Gasteiger charge is 2.64. The highest BCUT2D eigenvalue weighted by molar-refractivity contribution is 7.98. The smallest absolute Gasteiger partial charge is 0.236 e. The maximum absolute atomic E-state index is 14.2. The fourth-order valence-electron chi connectivity index (χ4n) is 6.76. The van der Waals surface area contributed by atoms with Crippen LogP contribution in [0.3, 0.4) is 0 Å². The molecule has 5 heteroatoms. The summed E-state index contributed by atoms with van der Waals surface area (Å²) in [5.41, 5.74) is 3.63. The van der Waals surface area contributed by atoms with Gasteiger partial charge in [0.1, 0.15) is 5.75 Å². The van der Waals surface area contributed by atoms with Crippen LogP contribution in [0.1, 0.15) is 62.6 Å². The molecule has 2 aliphatic rings. The number of benzene rings is 4. The predicted octanol–water partition coefficient (Wildman–Crippen LogP) is 8.79. The molecule has 6 rings (SSSR count). The van der Waals surface area contributed by atoms with Crippen molar-refractivity contribution in [3.63, 3.8) is 0 Å². The topological polar surface area (TPSA) is 49.8 Å². The third-order valence-corrected chi connectivity index (χ3v) is 9.97. The van der Waals surface area contributed by atoms with E-state index in [1.165, 1.54) is 4.90 Å². The Hall–Kier alpha value is -3.54. The Morgan fingerprint density at radius 1 is 0.857 bits per heavy atom. The average Bonchev–Trinajstić information content (AvgIpc) is 3.05. The van der Waals surface area contributed by atoms with Gasteiger partial charge in [-0.25, -0.2) is 0 Å². The molecule has 4 aromatic carbocycles. The first-order valence-corrected chi connectivity index (χ1v) is 16.3. The lowest BCUT2D eigenvalue weighted by molar-refractivity contribution is -0.149. The number of para-hydroxylation sites is 1. The minimum atomic E-state index is -0.919. The first-order valence-electron chi connectivity index (χ1n) is 15.1. The van der Waals surface area contributed by atoms with E-state index in [4.69, 9.17) is 4.74 Å². The maximum atomic E-state index is 14.2. The van der Waals surface area contributed by atoms with Gasteiger partial charge in [0.05, 0.1) is 23.7 Å². The third-order valence-electron chi connectivity index (χ3n) is 9.23. The molecule has 1 amide bonds. The number of nitrogens with zero attached hydrogens (tertiary/aromatic N) is 1. The summed E-state index contributed by atoms with van der Waals surface area (Å²) in [6.45, 7) is 2.80. The largest absolute Gasteiger partial charge is 0.493 e. The van der Waals surface area contributed by atoms with Gasteiger partial charge in [0, 0.05) is 16.1 Å². The molecule has 1 saturated carbocycles. The van der Waals surface area contributed by atoms with E-state index < -0.39 is 11.0 Å². The van der Waals surface area contributed by atoms with Gasteiger partial charge in [0.2, 0.25) is 5.91 Å². The first kappa shape index (κ1) is 28.6. The van der Waals surface area contributed by atoms with Crippen LogP contribution in [0.4, 0.5) is 5.69 Å². The summed E-state index contributed by atoms with van der Waals surface area (Å²) in [5, 5.41) is 11.7. The average molecular weight is 578 g/mol. The molecule has 1 spiro atoms. The highest BCUT2D eigenvalue weighted by Crippen LogP contribution is 2.62. The van der Waals surface area contributed by atoms with E-state index in [0.29, 0.717) is 32.3 Å². The number of carbonyl (C=O) groups excluding carboxylic acids is 1. The molecule has 4 nitrogen and oxygen atoms in total. The van der Waals surface area contributed by atoms with Crippen molar-refractivity contribution in [2.45, 2.75) is 62.0 Å². The number of anilines is 1. The van der Waals surface area contributed by atoms with Crippen LogP contribution < -0.4 is 9.64 Å². The first-order chi connectivity index (χ1) is 20.5. The lowest BCUT2D eigenvalue weighted by Gasteiger charge is -2.59. The number of hydrogen-bond acceptors (Lipinski definition) is 4. The van der Waals surface area contributed by atoms with Crippen molar-refractivity contribution in [1.82, 2.24) is 0 Å². The molecule has 0 bridgehead atoms. The van der Waals surface area contributed by atoms with Crippen LogP contribution in [-0.4, -0.2) is 23.9 Å². The van der Waals surface area contributed by atoms with Crippen LogP contribution in [0.25, 0.3) is 11.1 Å². The molecule has 0 unspecified atom stereocenters. The Kier molecular flexibility index (Phi) is 8.15. The molecule has 1 heterocycles. The summed E-state index contributed by atoms with van der Waals surface area (Å²) < 4.78 is 6.51. The molecule has 1 atom stereocenters. The number of aliphatic hydroxyl groups is 1. The Balaban J connectivity index is 1.40. The molecule has 1 N–H and O–H groups in total. The van der Waals surface area contributed by atoms with Crippen molar-refractivity contribution in [3.8, 4) is 16.9 Å². The second-order valence-electron chi connectivity index (χ2n) is 11.7. The number of thioether (sulfide) groups is 1. The Morgan fingerprint density at radius 3 is 2.14 bits per heavy atom. The second-order valence-corrected chi connectivity index (χ2v) is 12.5. The van der Waals surface area contributed by atoms with Crippen molar-refractivity contribution < 1.29 is 14.6 Å². The van der Waals surface area contributed by atoms with Gasteiger partial charge in [-0.2, -0.15) is 0 Å². The minimum Gasteiger partial charge on any atom is -0.493 e. The number of carbonyl (C=O) groups is 1. The number of amides is 1. The molecule has 1 aliphatic carbocycles. The minimum absolute atomic E-state index is 0.144. The van der Waals surface area contributed by atoms with Gasteiger partial charge < -0.3 is 14.7 Å². The highest BCUT2D eigenvalue weighted by atomic mass is 32.2. The molecule has 0 aromatic heterocycles. The lowest BCUT2D eigenvalue weighted by Crippen LogP contribution is -2.65. The van der Waals surface area contributed by atoms with Crippen molar-refractivity contribution in [2.24, 2.45) is 5.41 Å². The van der Waals surface area contributed by atoms with Gasteiger partial charge in [-0.15, -0.1) is 11.8 Å². The van der Waals surface area contributed by atoms with Crippen LogP contribution in [0, 0.1) is 5.41 Å². The Bertz CT molecular complexity index is 1510. The number of ether oxygens (including phenoxy) is 1. The summed E-state index contributed by atoms with van der Waals surface area (Å²) >= 11 is 1.74. The summed E-state index contributed by atoms with van der Waals surface area (Å²) in [6.07, 6.45) is 6.44. The molecule has 42 heavy (non-hydrogen) atoms. The lowest BCUT2D eigenvalue weighted by atomic mass is 9.56. The maximum Gasteiger partial charge on any atom is 0.236 e. The molecule has 1 aliphatic heterocycles. The van der Waals surface area contributed by atoms with E-state index in [1.807, 2.05) is 65.6 Å². The fourth-order valence-corrected chi connectivity index (χ4v) is 7.16.